The summed E-state index contributed by atoms with van der Waals surface area (Å²) in [6.45, 7) is 4.89. The van der Waals surface area contributed by atoms with Crippen LogP contribution in [0.1, 0.15) is 37.2 Å². The summed E-state index contributed by atoms with van der Waals surface area (Å²) in [5, 5.41) is 3.64. The summed E-state index contributed by atoms with van der Waals surface area (Å²) in [4.78, 5) is 24.7. The minimum absolute atomic E-state index is 0.254. The Hall–Kier alpha value is -2.17. The van der Waals surface area contributed by atoms with E-state index in [0.717, 1.165) is 12.8 Å². The average molecular weight is 290 g/mol. The molecule has 0 spiro atoms. The number of fused-ring (bicyclic) bond motifs is 1. The summed E-state index contributed by atoms with van der Waals surface area (Å²) < 4.78 is 14.8. The summed E-state index contributed by atoms with van der Waals surface area (Å²) in [6.07, 6.45) is 1.55. The van der Waals surface area contributed by atoms with Gasteiger partial charge in [-0.05, 0) is 42.5 Å². The molecule has 0 aliphatic heterocycles. The molecule has 112 valence electrons. The fourth-order valence-electron chi connectivity index (χ4n) is 2.29. The molecule has 21 heavy (non-hydrogen) atoms. The molecule has 1 N–H and O–H groups in total. The smallest absolute Gasteiger partial charge is 0.268 e. The Bertz CT molecular complexity index is 722. The molecule has 2 rings (SSSR count). The largest absolute Gasteiger partial charge is 0.351 e. The highest BCUT2D eigenvalue weighted by Gasteiger charge is 2.15. The monoisotopic (exact) mass is 290 g/mol. The van der Waals surface area contributed by atoms with Gasteiger partial charge >= 0.3 is 0 Å². The first-order chi connectivity index (χ1) is 10.1. The van der Waals surface area contributed by atoms with Gasteiger partial charge in [-0.3, -0.25) is 9.59 Å². The van der Waals surface area contributed by atoms with Crippen LogP contribution in [-0.4, -0.2) is 17.0 Å². The van der Waals surface area contributed by atoms with Crippen molar-refractivity contribution in [3.8, 4) is 0 Å². The number of hydrogen-bond acceptors (Lipinski definition) is 2. The Morgan fingerprint density at radius 3 is 2.67 bits per heavy atom. The van der Waals surface area contributed by atoms with Gasteiger partial charge in [-0.2, -0.15) is 0 Å². The molecule has 4 nitrogen and oxygen atoms in total. The zero-order valence-electron chi connectivity index (χ0n) is 12.3. The van der Waals surface area contributed by atoms with Crippen molar-refractivity contribution >= 4 is 16.7 Å². The van der Waals surface area contributed by atoms with E-state index in [-0.39, 0.29) is 17.2 Å². The second-order valence-electron chi connectivity index (χ2n) is 4.97. The van der Waals surface area contributed by atoms with Gasteiger partial charge in [0.25, 0.3) is 11.5 Å². The fraction of sp³-hybridized carbons (Fsp3) is 0.375. The molecule has 0 atom stereocenters. The van der Waals surface area contributed by atoms with Gasteiger partial charge in [-0.25, -0.2) is 4.39 Å². The Balaban J connectivity index is 2.63. The molecule has 0 bridgehead atoms. The first-order valence-corrected chi connectivity index (χ1v) is 7.19. The summed E-state index contributed by atoms with van der Waals surface area (Å²) in [6, 6.07) is 5.59. The standard InChI is InChI=1S/C16H19FN2O2/c1-3-7-18-15(20)14-10-11-9-12(17)5-6-13(11)16(21)19(14)8-4-2/h5-6,9-10H,3-4,7-8H2,1-2H3,(H,18,20). The van der Waals surface area contributed by atoms with Crippen molar-refractivity contribution in [2.24, 2.45) is 0 Å². The van der Waals surface area contributed by atoms with Gasteiger partial charge in [0.1, 0.15) is 11.5 Å². The molecule has 1 aromatic heterocycles. The highest BCUT2D eigenvalue weighted by Crippen LogP contribution is 2.14. The molecule has 0 aliphatic rings. The predicted octanol–water partition coefficient (Wildman–Crippen LogP) is 2.69. The van der Waals surface area contributed by atoms with Crippen molar-refractivity contribution in [2.75, 3.05) is 6.54 Å². The van der Waals surface area contributed by atoms with E-state index in [1.165, 1.54) is 22.8 Å². The maximum absolute atomic E-state index is 13.3. The predicted molar refractivity (Wildman–Crippen MR) is 81.1 cm³/mol. The van der Waals surface area contributed by atoms with E-state index >= 15 is 0 Å². The highest BCUT2D eigenvalue weighted by atomic mass is 19.1. The SMILES string of the molecule is CCCNC(=O)c1cc2cc(F)ccc2c(=O)n1CCC. The van der Waals surface area contributed by atoms with Crippen LogP contribution in [0.15, 0.2) is 29.1 Å². The van der Waals surface area contributed by atoms with E-state index < -0.39 is 5.82 Å². The first-order valence-electron chi connectivity index (χ1n) is 7.19. The third kappa shape index (κ3) is 3.12. The number of nitrogens with zero attached hydrogens (tertiary/aromatic N) is 1. The molecule has 5 heteroatoms. The number of amides is 1. The number of rotatable bonds is 5. The van der Waals surface area contributed by atoms with Gasteiger partial charge in [0.15, 0.2) is 0 Å². The van der Waals surface area contributed by atoms with E-state index in [1.54, 1.807) is 6.07 Å². The number of carbonyl (C=O) groups excluding carboxylic acids is 1. The number of hydrogen-bond donors (Lipinski definition) is 1. The van der Waals surface area contributed by atoms with Crippen LogP contribution >= 0.6 is 0 Å². The van der Waals surface area contributed by atoms with Gasteiger partial charge in [-0.15, -0.1) is 0 Å². The van der Waals surface area contributed by atoms with Crippen LogP contribution < -0.4 is 10.9 Å². The number of halogens is 1. The quantitative estimate of drug-likeness (QED) is 0.920. The molecule has 1 aromatic carbocycles. The van der Waals surface area contributed by atoms with Crippen LogP contribution in [0.5, 0.6) is 0 Å². The van der Waals surface area contributed by atoms with Crippen LogP contribution in [0.2, 0.25) is 0 Å². The van der Waals surface area contributed by atoms with Crippen molar-refractivity contribution in [2.45, 2.75) is 33.2 Å². The van der Waals surface area contributed by atoms with Gasteiger partial charge in [0.2, 0.25) is 0 Å². The molecule has 1 heterocycles. The number of benzene rings is 1. The molecule has 0 fully saturated rings. The fourth-order valence-corrected chi connectivity index (χ4v) is 2.29. The van der Waals surface area contributed by atoms with Crippen LogP contribution in [-0.2, 0) is 6.54 Å². The normalized spacial score (nSPS) is 10.8. The van der Waals surface area contributed by atoms with Gasteiger partial charge < -0.3 is 9.88 Å². The van der Waals surface area contributed by atoms with Crippen molar-refractivity contribution in [1.29, 1.82) is 0 Å². The number of carbonyl (C=O) groups is 1. The maximum atomic E-state index is 13.3. The van der Waals surface area contributed by atoms with Crippen LogP contribution in [0, 0.1) is 5.82 Å². The molecule has 2 aromatic rings. The Morgan fingerprint density at radius 1 is 1.24 bits per heavy atom. The molecule has 0 saturated carbocycles. The van der Waals surface area contributed by atoms with E-state index in [2.05, 4.69) is 5.32 Å². The van der Waals surface area contributed by atoms with Crippen molar-refractivity contribution in [1.82, 2.24) is 9.88 Å². The van der Waals surface area contributed by atoms with Gasteiger partial charge in [0, 0.05) is 18.5 Å². The van der Waals surface area contributed by atoms with E-state index in [9.17, 15) is 14.0 Å². The maximum Gasteiger partial charge on any atom is 0.268 e. The lowest BCUT2D eigenvalue weighted by Crippen LogP contribution is -2.32. The van der Waals surface area contributed by atoms with Crippen LogP contribution in [0.25, 0.3) is 10.8 Å². The Morgan fingerprint density at radius 2 is 2.00 bits per heavy atom. The second-order valence-corrected chi connectivity index (χ2v) is 4.97. The van der Waals surface area contributed by atoms with Gasteiger partial charge in [-0.1, -0.05) is 13.8 Å². The minimum atomic E-state index is -0.421. The molecule has 1 amide bonds. The van der Waals surface area contributed by atoms with Crippen molar-refractivity contribution < 1.29 is 9.18 Å². The summed E-state index contributed by atoms with van der Waals surface area (Å²) >= 11 is 0. The Labute approximate surface area is 122 Å². The van der Waals surface area contributed by atoms with E-state index in [0.29, 0.717) is 23.9 Å². The van der Waals surface area contributed by atoms with Crippen LogP contribution in [0.4, 0.5) is 4.39 Å². The third-order valence-electron chi connectivity index (χ3n) is 3.29. The minimum Gasteiger partial charge on any atom is -0.351 e. The summed E-state index contributed by atoms with van der Waals surface area (Å²) in [7, 11) is 0. The second kappa shape index (κ2) is 6.52. The Kier molecular flexibility index (Phi) is 4.73. The number of aromatic nitrogens is 1. The molecular formula is C16H19FN2O2. The number of nitrogens with one attached hydrogen (secondary N) is 1. The van der Waals surface area contributed by atoms with Gasteiger partial charge in [0.05, 0.1) is 0 Å². The molecule has 0 aliphatic carbocycles. The lowest BCUT2D eigenvalue weighted by molar-refractivity contribution is 0.0943. The topological polar surface area (TPSA) is 51.1 Å². The van der Waals surface area contributed by atoms with E-state index in [4.69, 9.17) is 0 Å². The highest BCUT2D eigenvalue weighted by molar-refractivity contribution is 5.96. The van der Waals surface area contributed by atoms with E-state index in [1.807, 2.05) is 13.8 Å². The molecule has 0 radical (unpaired) electrons. The first kappa shape index (κ1) is 15.2. The zero-order valence-corrected chi connectivity index (χ0v) is 12.3. The molecule has 0 unspecified atom stereocenters. The molecular weight excluding hydrogens is 271 g/mol. The molecule has 0 saturated heterocycles. The van der Waals surface area contributed by atoms with Crippen molar-refractivity contribution in [3.63, 3.8) is 0 Å². The number of pyridine rings is 1. The summed E-state index contributed by atoms with van der Waals surface area (Å²) in [5.74, 6) is -0.719. The lowest BCUT2D eigenvalue weighted by atomic mass is 10.1. The van der Waals surface area contributed by atoms with Crippen LogP contribution in [0.3, 0.4) is 0 Å². The summed E-state index contributed by atoms with van der Waals surface area (Å²) in [5.41, 5.74) is 0.0319. The zero-order chi connectivity index (χ0) is 15.4. The average Bonchev–Trinajstić information content (AvgIpc) is 2.47. The third-order valence-corrected chi connectivity index (χ3v) is 3.29. The van der Waals surface area contributed by atoms with Crippen molar-refractivity contribution in [3.05, 3.63) is 46.1 Å². The lowest BCUT2D eigenvalue weighted by Gasteiger charge is -2.13.